The van der Waals surface area contributed by atoms with E-state index in [-0.39, 0.29) is 21.7 Å². The lowest BCUT2D eigenvalue weighted by Crippen LogP contribution is -2.63. The number of ether oxygens (including phenoxy) is 1. The number of amides is 1. The van der Waals surface area contributed by atoms with Crippen molar-refractivity contribution in [2.75, 3.05) is 11.7 Å². The third-order valence-electron chi connectivity index (χ3n) is 6.40. The molecular weight excluding hydrogens is 421 g/mol. The van der Waals surface area contributed by atoms with E-state index in [1.54, 1.807) is 6.07 Å². The minimum absolute atomic E-state index is 0.226. The summed E-state index contributed by atoms with van der Waals surface area (Å²) in [7, 11) is -3.73. The smallest absolute Gasteiger partial charge is 0.235 e. The lowest BCUT2D eigenvalue weighted by atomic mass is 9.47. The molecular formula is C20H25Cl2NO4S. The van der Waals surface area contributed by atoms with Gasteiger partial charge in [-0.05, 0) is 74.0 Å². The fraction of sp³-hybridized carbons (Fsp3) is 0.650. The quantitative estimate of drug-likeness (QED) is 0.710. The van der Waals surface area contributed by atoms with Gasteiger partial charge in [0.2, 0.25) is 5.91 Å². The summed E-state index contributed by atoms with van der Waals surface area (Å²) in [5.74, 6) is -0.0819. The standard InChI is InChI=1S/C20H25Cl2NO4S/c1-19-6-13-4-14(7-19)9-20(8-13,11-19)23-18(24)10-28(25,26)12-27-17-3-2-15(21)5-16(17)22/h2-3,5,13-14H,4,6-12H2,1H3,(H,23,24). The number of halogens is 2. The highest BCUT2D eigenvalue weighted by Crippen LogP contribution is 2.61. The van der Waals surface area contributed by atoms with Gasteiger partial charge in [0.1, 0.15) is 11.5 Å². The summed E-state index contributed by atoms with van der Waals surface area (Å²) in [6.45, 7) is 2.31. The third kappa shape index (κ3) is 4.29. The molecule has 4 saturated carbocycles. The van der Waals surface area contributed by atoms with Crippen molar-refractivity contribution in [2.24, 2.45) is 17.3 Å². The van der Waals surface area contributed by atoms with Crippen LogP contribution in [0.15, 0.2) is 18.2 Å². The summed E-state index contributed by atoms with van der Waals surface area (Å²) in [4.78, 5) is 12.6. The second kappa shape index (κ2) is 7.06. The van der Waals surface area contributed by atoms with Gasteiger partial charge in [-0.15, -0.1) is 0 Å². The molecule has 4 bridgehead atoms. The van der Waals surface area contributed by atoms with Gasteiger partial charge in [-0.1, -0.05) is 30.1 Å². The Balaban J connectivity index is 1.36. The maximum absolute atomic E-state index is 12.6. The molecule has 0 spiro atoms. The van der Waals surface area contributed by atoms with E-state index in [1.807, 2.05) is 0 Å². The van der Waals surface area contributed by atoms with Gasteiger partial charge in [0.25, 0.3) is 0 Å². The van der Waals surface area contributed by atoms with Gasteiger partial charge in [0.05, 0.1) is 5.02 Å². The zero-order chi connectivity index (χ0) is 20.2. The van der Waals surface area contributed by atoms with Crippen molar-refractivity contribution in [1.29, 1.82) is 0 Å². The molecule has 1 amide bonds. The number of hydrogen-bond donors (Lipinski definition) is 1. The predicted octanol–water partition coefficient (Wildman–Crippen LogP) is 4.22. The first-order chi connectivity index (χ1) is 13.1. The summed E-state index contributed by atoms with van der Waals surface area (Å²) in [6, 6.07) is 4.55. The molecule has 1 aromatic carbocycles. The Hall–Kier alpha value is -0.980. The molecule has 28 heavy (non-hydrogen) atoms. The molecule has 2 unspecified atom stereocenters. The lowest BCUT2D eigenvalue weighted by molar-refractivity contribution is -0.127. The highest BCUT2D eigenvalue weighted by molar-refractivity contribution is 7.91. The van der Waals surface area contributed by atoms with Gasteiger partial charge in [0.15, 0.2) is 15.8 Å². The van der Waals surface area contributed by atoms with Gasteiger partial charge >= 0.3 is 0 Å². The number of sulfone groups is 1. The van der Waals surface area contributed by atoms with Crippen molar-refractivity contribution in [1.82, 2.24) is 5.32 Å². The van der Waals surface area contributed by atoms with Crippen LogP contribution in [0.1, 0.15) is 45.4 Å². The summed E-state index contributed by atoms with van der Waals surface area (Å²) in [5, 5.41) is 3.77. The van der Waals surface area contributed by atoms with Crippen molar-refractivity contribution < 1.29 is 17.9 Å². The van der Waals surface area contributed by atoms with E-state index in [1.165, 1.54) is 31.4 Å². The van der Waals surface area contributed by atoms with E-state index < -0.39 is 27.4 Å². The molecule has 1 N–H and O–H groups in total. The van der Waals surface area contributed by atoms with Crippen LogP contribution in [0.5, 0.6) is 5.75 Å². The number of rotatable bonds is 6. The molecule has 0 saturated heterocycles. The molecule has 0 aliphatic heterocycles. The molecule has 0 radical (unpaired) electrons. The van der Waals surface area contributed by atoms with Crippen LogP contribution in [0.3, 0.4) is 0 Å². The largest absolute Gasteiger partial charge is 0.476 e. The topological polar surface area (TPSA) is 72.5 Å². The zero-order valence-corrected chi connectivity index (χ0v) is 18.2. The van der Waals surface area contributed by atoms with E-state index in [9.17, 15) is 13.2 Å². The van der Waals surface area contributed by atoms with Gasteiger partial charge < -0.3 is 10.1 Å². The number of hydrogen-bond acceptors (Lipinski definition) is 4. The number of benzene rings is 1. The summed E-state index contributed by atoms with van der Waals surface area (Å²) >= 11 is 11.8. The molecule has 1 aromatic rings. The number of carbonyl (C=O) groups excluding carboxylic acids is 1. The Labute approximate surface area is 176 Å². The van der Waals surface area contributed by atoms with Crippen LogP contribution in [0, 0.1) is 17.3 Å². The second-order valence-electron chi connectivity index (χ2n) is 9.33. The van der Waals surface area contributed by atoms with Crippen molar-refractivity contribution in [2.45, 2.75) is 51.0 Å². The van der Waals surface area contributed by atoms with Crippen LogP contribution in [-0.2, 0) is 14.6 Å². The average Bonchev–Trinajstić information content (AvgIpc) is 2.50. The maximum Gasteiger partial charge on any atom is 0.235 e. The summed E-state index contributed by atoms with van der Waals surface area (Å²) < 4.78 is 30.1. The van der Waals surface area contributed by atoms with Crippen LogP contribution in [0.25, 0.3) is 0 Å². The molecule has 5 nitrogen and oxygen atoms in total. The molecule has 8 heteroatoms. The Morgan fingerprint density at radius 2 is 1.89 bits per heavy atom. The van der Waals surface area contributed by atoms with Crippen LogP contribution in [0.2, 0.25) is 10.0 Å². The average molecular weight is 446 g/mol. The third-order valence-corrected chi connectivity index (χ3v) is 8.11. The molecule has 0 heterocycles. The van der Waals surface area contributed by atoms with Crippen molar-refractivity contribution in [3.8, 4) is 5.75 Å². The van der Waals surface area contributed by atoms with E-state index in [0.29, 0.717) is 16.9 Å². The SMILES string of the molecule is CC12CC3CC(C1)CC(NC(=O)CS(=O)(=O)COc1ccc(Cl)cc1Cl)(C3)C2. The van der Waals surface area contributed by atoms with Gasteiger partial charge in [0, 0.05) is 10.6 Å². The van der Waals surface area contributed by atoms with E-state index in [4.69, 9.17) is 27.9 Å². The molecule has 0 aromatic heterocycles. The monoisotopic (exact) mass is 445 g/mol. The Morgan fingerprint density at radius 1 is 1.21 bits per heavy atom. The minimum Gasteiger partial charge on any atom is -0.476 e. The van der Waals surface area contributed by atoms with E-state index >= 15 is 0 Å². The molecule has 4 aliphatic carbocycles. The molecule has 2 atom stereocenters. The Bertz CT molecular complexity index is 887. The first-order valence-corrected chi connectivity index (χ1v) is 12.2. The van der Waals surface area contributed by atoms with Crippen LogP contribution in [0.4, 0.5) is 0 Å². The van der Waals surface area contributed by atoms with Gasteiger partial charge in [-0.25, -0.2) is 8.42 Å². The minimum atomic E-state index is -3.73. The maximum atomic E-state index is 12.6. The summed E-state index contributed by atoms with van der Waals surface area (Å²) in [5.41, 5.74) is 0.0520. The Kier molecular flexibility index (Phi) is 5.12. The van der Waals surface area contributed by atoms with Gasteiger partial charge in [-0.3, -0.25) is 4.79 Å². The lowest BCUT2D eigenvalue weighted by Gasteiger charge is -2.61. The fourth-order valence-electron chi connectivity index (χ4n) is 6.19. The van der Waals surface area contributed by atoms with Crippen LogP contribution in [-0.4, -0.2) is 31.6 Å². The van der Waals surface area contributed by atoms with E-state index in [2.05, 4.69) is 12.2 Å². The van der Waals surface area contributed by atoms with E-state index in [0.717, 1.165) is 19.3 Å². The van der Waals surface area contributed by atoms with Crippen molar-refractivity contribution in [3.63, 3.8) is 0 Å². The normalized spacial score (nSPS) is 33.7. The molecule has 5 rings (SSSR count). The van der Waals surface area contributed by atoms with Crippen molar-refractivity contribution >= 4 is 38.9 Å². The molecule has 154 valence electrons. The fourth-order valence-corrected chi connectivity index (χ4v) is 7.51. The molecule has 4 aliphatic rings. The zero-order valence-electron chi connectivity index (χ0n) is 15.8. The van der Waals surface area contributed by atoms with Crippen LogP contribution >= 0.6 is 23.2 Å². The second-order valence-corrected chi connectivity index (χ2v) is 12.2. The molecule has 4 fully saturated rings. The summed E-state index contributed by atoms with van der Waals surface area (Å²) in [6.07, 6.45) is 6.62. The Morgan fingerprint density at radius 3 is 2.50 bits per heavy atom. The number of carbonyl (C=O) groups is 1. The first-order valence-electron chi connectivity index (χ1n) is 9.65. The van der Waals surface area contributed by atoms with Gasteiger partial charge in [-0.2, -0.15) is 0 Å². The number of nitrogens with one attached hydrogen (secondary N) is 1. The first kappa shape index (κ1) is 20.3. The predicted molar refractivity (Wildman–Crippen MR) is 109 cm³/mol. The van der Waals surface area contributed by atoms with Crippen molar-refractivity contribution in [3.05, 3.63) is 28.2 Å². The van der Waals surface area contributed by atoms with Crippen LogP contribution < -0.4 is 10.1 Å². The highest BCUT2D eigenvalue weighted by atomic mass is 35.5. The highest BCUT2D eigenvalue weighted by Gasteiger charge is 2.56.